The number of amidine groups is 1. The summed E-state index contributed by atoms with van der Waals surface area (Å²) in [6.45, 7) is 0.670. The fraction of sp³-hybridized carbons (Fsp3) is 0.200. The number of ether oxygens (including phenoxy) is 2. The van der Waals surface area contributed by atoms with Crippen LogP contribution in [-0.4, -0.2) is 42.4 Å². The second kappa shape index (κ2) is 8.42. The molecule has 0 fully saturated rings. The summed E-state index contributed by atoms with van der Waals surface area (Å²) in [4.78, 5) is 20.4. The van der Waals surface area contributed by atoms with Gasteiger partial charge < -0.3 is 14.8 Å². The standard InChI is InChI=1S/C20H18ClN5O3/c1-22-19(27)16-10-12(6-8-23-16)11-29-20-17-15(7-9-28-17)18(25-26-20)24-14-4-2-13(21)3-5-14/h2-8,10,17H,9,11H2,1H3,(H,22,27)(H,24,25). The molecule has 9 heteroatoms. The van der Waals surface area contributed by atoms with Crippen LogP contribution in [0.5, 0.6) is 0 Å². The lowest BCUT2D eigenvalue weighted by atomic mass is 10.1. The first-order valence-electron chi connectivity index (χ1n) is 8.94. The van der Waals surface area contributed by atoms with E-state index in [2.05, 4.69) is 25.8 Å². The van der Waals surface area contributed by atoms with Crippen molar-refractivity contribution in [1.82, 2.24) is 15.7 Å². The van der Waals surface area contributed by atoms with Crippen molar-refractivity contribution >= 4 is 34.9 Å². The molecule has 0 bridgehead atoms. The normalized spacial score (nSPS) is 19.1. The van der Waals surface area contributed by atoms with E-state index >= 15 is 0 Å². The molecule has 0 saturated carbocycles. The SMILES string of the molecule is CNC(=O)c1cc(COC2=NNC(=Nc3ccc(Cl)cc3)C3=CCOC32)ccn1. The van der Waals surface area contributed by atoms with Crippen molar-refractivity contribution in [3.8, 4) is 0 Å². The highest BCUT2D eigenvalue weighted by atomic mass is 35.5. The van der Waals surface area contributed by atoms with Gasteiger partial charge in [-0.15, -0.1) is 5.10 Å². The first-order valence-corrected chi connectivity index (χ1v) is 9.31. The summed E-state index contributed by atoms with van der Waals surface area (Å²) in [5, 5.41) is 7.48. The second-order valence-electron chi connectivity index (χ2n) is 6.29. The van der Waals surface area contributed by atoms with E-state index in [9.17, 15) is 4.79 Å². The van der Waals surface area contributed by atoms with Crippen molar-refractivity contribution in [3.63, 3.8) is 0 Å². The topological polar surface area (TPSA) is 97.2 Å². The van der Waals surface area contributed by atoms with E-state index in [0.29, 0.717) is 29.1 Å². The summed E-state index contributed by atoms with van der Waals surface area (Å²) in [6, 6.07) is 10.7. The third-order valence-electron chi connectivity index (χ3n) is 4.36. The fourth-order valence-corrected chi connectivity index (χ4v) is 3.03. The van der Waals surface area contributed by atoms with Gasteiger partial charge in [-0.1, -0.05) is 11.6 Å². The van der Waals surface area contributed by atoms with Crippen molar-refractivity contribution in [1.29, 1.82) is 0 Å². The number of carbonyl (C=O) groups is 1. The van der Waals surface area contributed by atoms with Gasteiger partial charge in [0.25, 0.3) is 5.91 Å². The molecule has 0 radical (unpaired) electrons. The molecule has 1 atom stereocenters. The number of halogens is 1. The molecule has 148 valence electrons. The molecule has 0 aliphatic carbocycles. The number of hydrogen-bond donors (Lipinski definition) is 2. The number of hydrazone groups is 1. The van der Waals surface area contributed by atoms with Crippen LogP contribution in [-0.2, 0) is 16.1 Å². The molecule has 3 heterocycles. The number of aromatic nitrogens is 1. The smallest absolute Gasteiger partial charge is 0.269 e. The molecule has 8 nitrogen and oxygen atoms in total. The highest BCUT2D eigenvalue weighted by molar-refractivity contribution is 6.30. The van der Waals surface area contributed by atoms with Crippen LogP contribution in [0.3, 0.4) is 0 Å². The molecule has 29 heavy (non-hydrogen) atoms. The van der Waals surface area contributed by atoms with E-state index in [-0.39, 0.29) is 12.5 Å². The number of hydrogen-bond acceptors (Lipinski definition) is 6. The van der Waals surface area contributed by atoms with Crippen LogP contribution >= 0.6 is 11.6 Å². The number of benzene rings is 1. The van der Waals surface area contributed by atoms with Crippen LogP contribution in [0.1, 0.15) is 16.1 Å². The van der Waals surface area contributed by atoms with Gasteiger partial charge in [-0.3, -0.25) is 15.2 Å². The predicted molar refractivity (Wildman–Crippen MR) is 109 cm³/mol. The molecule has 2 aliphatic heterocycles. The first kappa shape index (κ1) is 19.1. The van der Waals surface area contributed by atoms with Gasteiger partial charge in [-0.2, -0.15) is 0 Å². The van der Waals surface area contributed by atoms with Crippen molar-refractivity contribution in [2.75, 3.05) is 13.7 Å². The minimum absolute atomic E-state index is 0.226. The lowest BCUT2D eigenvalue weighted by molar-refractivity contribution is 0.0958. The second-order valence-corrected chi connectivity index (χ2v) is 6.73. The Hall–Kier alpha value is -3.23. The Labute approximate surface area is 172 Å². The molecule has 1 aromatic heterocycles. The number of fused-ring (bicyclic) bond motifs is 1. The van der Waals surface area contributed by atoms with Crippen LogP contribution in [0.25, 0.3) is 0 Å². The maximum Gasteiger partial charge on any atom is 0.269 e. The first-order chi connectivity index (χ1) is 14.1. The average Bonchev–Trinajstić information content (AvgIpc) is 3.25. The Morgan fingerprint density at radius 1 is 1.38 bits per heavy atom. The number of nitrogens with zero attached hydrogens (tertiary/aromatic N) is 3. The fourth-order valence-electron chi connectivity index (χ4n) is 2.90. The van der Waals surface area contributed by atoms with E-state index in [1.807, 2.05) is 18.2 Å². The number of nitrogens with one attached hydrogen (secondary N) is 2. The largest absolute Gasteiger partial charge is 0.473 e. The Kier molecular flexibility index (Phi) is 5.55. The van der Waals surface area contributed by atoms with Crippen LogP contribution in [0, 0.1) is 0 Å². The van der Waals surface area contributed by atoms with Gasteiger partial charge in [0.15, 0.2) is 11.9 Å². The van der Waals surface area contributed by atoms with Crippen molar-refractivity contribution in [3.05, 3.63) is 70.5 Å². The summed E-state index contributed by atoms with van der Waals surface area (Å²) in [6.07, 6.45) is 3.08. The molecule has 1 amide bonds. The molecule has 1 unspecified atom stereocenters. The Balaban J connectivity index is 1.49. The molecule has 1 aromatic carbocycles. The Morgan fingerprint density at radius 2 is 2.21 bits per heavy atom. The zero-order valence-electron chi connectivity index (χ0n) is 15.6. The molecule has 0 spiro atoms. The van der Waals surface area contributed by atoms with Crippen molar-refractivity contribution in [2.45, 2.75) is 12.7 Å². The summed E-state index contributed by atoms with van der Waals surface area (Å²) in [5.74, 6) is 0.756. The molecule has 2 aromatic rings. The van der Waals surface area contributed by atoms with Gasteiger partial charge in [-0.05, 0) is 48.0 Å². The molecule has 2 N–H and O–H groups in total. The van der Waals surface area contributed by atoms with Crippen molar-refractivity contribution in [2.24, 2.45) is 10.1 Å². The van der Waals surface area contributed by atoms with E-state index in [1.54, 1.807) is 37.5 Å². The number of aliphatic imine (C=N–C) groups is 1. The summed E-state index contributed by atoms with van der Waals surface area (Å²) in [7, 11) is 1.56. The van der Waals surface area contributed by atoms with Crippen molar-refractivity contribution < 1.29 is 14.3 Å². The number of carbonyl (C=O) groups excluding carboxylic acids is 1. The van der Waals surface area contributed by atoms with Gasteiger partial charge in [0.1, 0.15) is 12.3 Å². The third kappa shape index (κ3) is 4.28. The van der Waals surface area contributed by atoms with E-state index < -0.39 is 6.10 Å². The van der Waals surface area contributed by atoms with Gasteiger partial charge in [0.2, 0.25) is 5.90 Å². The minimum Gasteiger partial charge on any atom is -0.473 e. The van der Waals surface area contributed by atoms with Gasteiger partial charge in [0.05, 0.1) is 12.3 Å². The molecule has 4 rings (SSSR count). The number of amides is 1. The lowest BCUT2D eigenvalue weighted by Crippen LogP contribution is -2.39. The minimum atomic E-state index is -0.428. The number of pyridine rings is 1. The lowest BCUT2D eigenvalue weighted by Gasteiger charge is -2.23. The van der Waals surface area contributed by atoms with Gasteiger partial charge >= 0.3 is 0 Å². The van der Waals surface area contributed by atoms with Gasteiger partial charge in [0, 0.05) is 23.8 Å². The highest BCUT2D eigenvalue weighted by Crippen LogP contribution is 2.24. The van der Waals surface area contributed by atoms with E-state index in [0.717, 1.165) is 16.8 Å². The quantitative estimate of drug-likeness (QED) is 0.805. The number of rotatable bonds is 4. The molecule has 0 saturated heterocycles. The van der Waals surface area contributed by atoms with Crippen LogP contribution < -0.4 is 10.7 Å². The van der Waals surface area contributed by atoms with Crippen LogP contribution in [0.15, 0.2) is 64.3 Å². The summed E-state index contributed by atoms with van der Waals surface area (Å²) >= 11 is 5.92. The summed E-state index contributed by atoms with van der Waals surface area (Å²) < 4.78 is 11.6. The molecular weight excluding hydrogens is 394 g/mol. The zero-order chi connectivity index (χ0) is 20.2. The maximum atomic E-state index is 11.7. The monoisotopic (exact) mass is 411 g/mol. The Bertz CT molecular complexity index is 1020. The molecule has 2 aliphatic rings. The maximum absolute atomic E-state index is 11.7. The van der Waals surface area contributed by atoms with Crippen LogP contribution in [0.2, 0.25) is 5.02 Å². The van der Waals surface area contributed by atoms with E-state index in [4.69, 9.17) is 21.1 Å². The summed E-state index contributed by atoms with van der Waals surface area (Å²) in [5.41, 5.74) is 5.67. The zero-order valence-corrected chi connectivity index (χ0v) is 16.3. The highest BCUT2D eigenvalue weighted by Gasteiger charge is 2.34. The average molecular weight is 412 g/mol. The van der Waals surface area contributed by atoms with E-state index in [1.165, 1.54) is 0 Å². The Morgan fingerprint density at radius 3 is 3.00 bits per heavy atom. The van der Waals surface area contributed by atoms with Crippen LogP contribution in [0.4, 0.5) is 5.69 Å². The van der Waals surface area contributed by atoms with Gasteiger partial charge in [-0.25, -0.2) is 4.99 Å². The predicted octanol–water partition coefficient (Wildman–Crippen LogP) is 2.58. The molecular formula is C20H18ClN5O3. The third-order valence-corrected chi connectivity index (χ3v) is 4.61.